The van der Waals surface area contributed by atoms with Gasteiger partial charge in [-0.15, -0.1) is 24.0 Å². The zero-order chi connectivity index (χ0) is 19.6. The molecule has 1 heterocycles. The molecule has 29 heavy (non-hydrogen) atoms. The van der Waals surface area contributed by atoms with E-state index in [1.807, 2.05) is 60.7 Å². The van der Waals surface area contributed by atoms with Crippen LogP contribution in [0.2, 0.25) is 0 Å². The van der Waals surface area contributed by atoms with Crippen LogP contribution in [0.3, 0.4) is 0 Å². The van der Waals surface area contributed by atoms with Crippen LogP contribution in [0.1, 0.15) is 11.4 Å². The molecule has 2 aromatic carbocycles. The first-order valence-electron chi connectivity index (χ1n) is 9.40. The lowest BCUT2D eigenvalue weighted by atomic mass is 10.2. The lowest BCUT2D eigenvalue weighted by Crippen LogP contribution is -2.40. The molecule has 3 aromatic rings. The molecule has 0 fully saturated rings. The van der Waals surface area contributed by atoms with Gasteiger partial charge >= 0.3 is 0 Å². The van der Waals surface area contributed by atoms with Gasteiger partial charge in [-0.1, -0.05) is 48.5 Å². The summed E-state index contributed by atoms with van der Waals surface area (Å²) in [6, 6.07) is 20.2. The van der Waals surface area contributed by atoms with E-state index in [1.165, 1.54) is 5.56 Å². The largest absolute Gasteiger partial charge is 0.492 e. The second-order valence-corrected chi connectivity index (χ2v) is 6.44. The van der Waals surface area contributed by atoms with Crippen LogP contribution >= 0.6 is 24.0 Å². The minimum atomic E-state index is 0. The van der Waals surface area contributed by atoms with E-state index >= 15 is 0 Å². The number of likely N-dealkylation sites (N-methyl/N-ethyl adjacent to an activating group) is 1. The van der Waals surface area contributed by atoms with Crippen molar-refractivity contribution in [2.75, 3.05) is 27.2 Å². The third-order valence-electron chi connectivity index (χ3n) is 4.41. The van der Waals surface area contributed by atoms with Crippen LogP contribution in [0.25, 0.3) is 0 Å². The van der Waals surface area contributed by atoms with Crippen molar-refractivity contribution in [3.63, 3.8) is 0 Å². The van der Waals surface area contributed by atoms with Gasteiger partial charge in [-0.05, 0) is 17.7 Å². The normalized spacial score (nSPS) is 10.9. The predicted molar refractivity (Wildman–Crippen MR) is 128 cm³/mol. The van der Waals surface area contributed by atoms with E-state index in [0.29, 0.717) is 13.2 Å². The lowest BCUT2D eigenvalue weighted by molar-refractivity contribution is 0.281. The molecule has 0 aliphatic carbocycles. The van der Waals surface area contributed by atoms with E-state index in [0.717, 1.165) is 30.6 Å². The zero-order valence-corrected chi connectivity index (χ0v) is 19.2. The van der Waals surface area contributed by atoms with E-state index in [1.54, 1.807) is 7.05 Å². The minimum Gasteiger partial charge on any atom is -0.492 e. The molecule has 0 bridgehead atoms. The van der Waals surface area contributed by atoms with Gasteiger partial charge < -0.3 is 19.5 Å². The average Bonchev–Trinajstić information content (AvgIpc) is 3.17. The van der Waals surface area contributed by atoms with Gasteiger partial charge in [0.15, 0.2) is 5.96 Å². The van der Waals surface area contributed by atoms with Crippen LogP contribution in [0.15, 0.2) is 78.0 Å². The number of nitrogens with one attached hydrogen (secondary N) is 1. The molecule has 0 unspecified atom stereocenters. The summed E-state index contributed by atoms with van der Waals surface area (Å²) in [5.74, 6) is 2.66. The predicted octanol–water partition coefficient (Wildman–Crippen LogP) is 3.64. The summed E-state index contributed by atoms with van der Waals surface area (Å²) in [5, 5.41) is 3.38. The second kappa shape index (κ2) is 12.1. The summed E-state index contributed by atoms with van der Waals surface area (Å²) in [6.07, 6.45) is 3.84. The first-order valence-corrected chi connectivity index (χ1v) is 9.40. The first kappa shape index (κ1) is 22.7. The third kappa shape index (κ3) is 7.08. The Hall–Kier alpha value is -2.55. The van der Waals surface area contributed by atoms with Crippen molar-refractivity contribution in [3.05, 3.63) is 84.4 Å². The number of aromatic nitrogens is 2. The molecule has 0 saturated heterocycles. The van der Waals surface area contributed by atoms with Crippen LogP contribution in [0.4, 0.5) is 0 Å². The molecule has 0 spiro atoms. The number of hydrogen-bond acceptors (Lipinski definition) is 3. The van der Waals surface area contributed by atoms with E-state index < -0.39 is 0 Å². The number of aliphatic imine (C=N–C) groups is 1. The molecule has 7 heteroatoms. The Labute approximate surface area is 189 Å². The van der Waals surface area contributed by atoms with Crippen LogP contribution < -0.4 is 10.1 Å². The molecular weight excluding hydrogens is 477 g/mol. The molecule has 1 N–H and O–H groups in total. The summed E-state index contributed by atoms with van der Waals surface area (Å²) in [5.41, 5.74) is 1.25. The fourth-order valence-electron chi connectivity index (χ4n) is 2.90. The van der Waals surface area contributed by atoms with Crippen LogP contribution in [0, 0.1) is 0 Å². The number of ether oxygens (including phenoxy) is 1. The van der Waals surface area contributed by atoms with Crippen LogP contribution in [-0.2, 0) is 13.1 Å². The van der Waals surface area contributed by atoms with Crippen molar-refractivity contribution in [1.29, 1.82) is 0 Å². The highest BCUT2D eigenvalue weighted by Gasteiger charge is 2.09. The highest BCUT2D eigenvalue weighted by atomic mass is 127. The molecule has 0 aliphatic rings. The lowest BCUT2D eigenvalue weighted by Gasteiger charge is -2.22. The number of guanidine groups is 1. The molecular formula is C22H28IN5O. The number of halogens is 1. The maximum absolute atomic E-state index is 5.77. The van der Waals surface area contributed by atoms with Crippen molar-refractivity contribution in [2.45, 2.75) is 13.1 Å². The number of benzene rings is 2. The smallest absolute Gasteiger partial charge is 0.193 e. The van der Waals surface area contributed by atoms with E-state index in [4.69, 9.17) is 4.74 Å². The van der Waals surface area contributed by atoms with E-state index in [-0.39, 0.29) is 24.0 Å². The van der Waals surface area contributed by atoms with Gasteiger partial charge in [0, 0.05) is 33.0 Å². The van der Waals surface area contributed by atoms with E-state index in [2.05, 4.69) is 44.1 Å². The Balaban J connectivity index is 0.00000300. The average molecular weight is 505 g/mol. The Bertz CT molecular complexity index is 867. The topological polar surface area (TPSA) is 54.7 Å². The molecule has 0 saturated carbocycles. The number of para-hydroxylation sites is 1. The number of hydrogen-bond donors (Lipinski definition) is 1. The number of rotatable bonds is 8. The van der Waals surface area contributed by atoms with Crippen molar-refractivity contribution >= 4 is 29.9 Å². The summed E-state index contributed by atoms with van der Waals surface area (Å²) in [4.78, 5) is 10.9. The van der Waals surface area contributed by atoms with Crippen molar-refractivity contribution in [1.82, 2.24) is 19.8 Å². The SMILES string of the molecule is CN=C(NCc1nccn1Cc1ccccc1)N(C)CCOc1ccccc1.I. The Morgan fingerprint density at radius 3 is 2.48 bits per heavy atom. The minimum absolute atomic E-state index is 0. The second-order valence-electron chi connectivity index (χ2n) is 6.44. The molecule has 3 rings (SSSR count). The van der Waals surface area contributed by atoms with Crippen molar-refractivity contribution in [2.24, 2.45) is 4.99 Å². The Kier molecular flexibility index (Phi) is 9.49. The molecule has 1 aromatic heterocycles. The molecule has 6 nitrogen and oxygen atoms in total. The fraction of sp³-hybridized carbons (Fsp3) is 0.273. The monoisotopic (exact) mass is 505 g/mol. The molecule has 0 atom stereocenters. The van der Waals surface area contributed by atoms with Gasteiger partial charge in [0.25, 0.3) is 0 Å². The van der Waals surface area contributed by atoms with Crippen molar-refractivity contribution in [3.8, 4) is 5.75 Å². The Morgan fingerprint density at radius 1 is 1.10 bits per heavy atom. The summed E-state index contributed by atoms with van der Waals surface area (Å²) >= 11 is 0. The van der Waals surface area contributed by atoms with Crippen molar-refractivity contribution < 1.29 is 4.74 Å². The Morgan fingerprint density at radius 2 is 1.79 bits per heavy atom. The standard InChI is InChI=1S/C22H27N5O.HI/c1-23-22(26(2)15-16-28-20-11-7-4-8-12-20)25-17-21-24-13-14-27(21)18-19-9-5-3-6-10-19;/h3-14H,15-18H2,1-2H3,(H,23,25);1H. The molecule has 0 aliphatic heterocycles. The zero-order valence-electron chi connectivity index (χ0n) is 16.9. The quantitative estimate of drug-likeness (QED) is 0.289. The molecule has 0 amide bonds. The third-order valence-corrected chi connectivity index (χ3v) is 4.41. The molecule has 0 radical (unpaired) electrons. The fourth-order valence-corrected chi connectivity index (χ4v) is 2.90. The first-order chi connectivity index (χ1) is 13.8. The highest BCUT2D eigenvalue weighted by Crippen LogP contribution is 2.08. The van der Waals surface area contributed by atoms with Gasteiger partial charge in [0.2, 0.25) is 0 Å². The summed E-state index contributed by atoms with van der Waals surface area (Å²) in [6.45, 7) is 2.73. The van der Waals surface area contributed by atoms with Gasteiger partial charge in [-0.3, -0.25) is 4.99 Å². The number of imidazole rings is 1. The van der Waals surface area contributed by atoms with Gasteiger partial charge in [0.1, 0.15) is 18.2 Å². The highest BCUT2D eigenvalue weighted by molar-refractivity contribution is 14.0. The maximum atomic E-state index is 5.77. The summed E-state index contributed by atoms with van der Waals surface area (Å²) < 4.78 is 7.91. The van der Waals surface area contributed by atoms with Gasteiger partial charge in [-0.25, -0.2) is 4.98 Å². The maximum Gasteiger partial charge on any atom is 0.193 e. The van der Waals surface area contributed by atoms with Crippen LogP contribution in [-0.4, -0.2) is 47.7 Å². The molecule has 154 valence electrons. The van der Waals surface area contributed by atoms with E-state index in [9.17, 15) is 0 Å². The summed E-state index contributed by atoms with van der Waals surface area (Å²) in [7, 11) is 3.79. The van der Waals surface area contributed by atoms with Crippen LogP contribution in [0.5, 0.6) is 5.75 Å². The van der Waals surface area contributed by atoms with Gasteiger partial charge in [-0.2, -0.15) is 0 Å². The van der Waals surface area contributed by atoms with Gasteiger partial charge in [0.05, 0.1) is 13.1 Å². The number of nitrogens with zero attached hydrogens (tertiary/aromatic N) is 4.